The number of carbonyl (C=O) groups is 2. The Morgan fingerprint density at radius 1 is 1.23 bits per heavy atom. The zero-order valence-corrected chi connectivity index (χ0v) is 16.8. The number of carboxylic acids is 1. The van der Waals surface area contributed by atoms with Crippen LogP contribution in [0.15, 0.2) is 17.0 Å². The number of hydrogen-bond acceptors (Lipinski definition) is 5. The van der Waals surface area contributed by atoms with Gasteiger partial charge in [-0.25, -0.2) is 9.59 Å². The maximum Gasteiger partial charge on any atom is 0.410 e. The van der Waals surface area contributed by atoms with Crippen LogP contribution < -0.4 is 4.74 Å². The van der Waals surface area contributed by atoms with Gasteiger partial charge in [-0.1, -0.05) is 0 Å². The number of likely N-dealkylation sites (tertiary alicyclic amines) is 1. The molecule has 0 aliphatic carbocycles. The Labute approximate surface area is 158 Å². The third kappa shape index (κ3) is 5.06. The van der Waals surface area contributed by atoms with Gasteiger partial charge in [0.1, 0.15) is 23.0 Å². The number of thioether (sulfide) groups is 1. The number of hydrogen-bond donors (Lipinski definition) is 1. The molecule has 1 fully saturated rings. The zero-order chi connectivity index (χ0) is 19.5. The minimum Gasteiger partial charge on any atom is -0.489 e. The van der Waals surface area contributed by atoms with Crippen LogP contribution in [0.3, 0.4) is 0 Å². The predicted octanol–water partition coefficient (Wildman–Crippen LogP) is 4.19. The van der Waals surface area contributed by atoms with Gasteiger partial charge in [-0.15, -0.1) is 11.8 Å². The molecule has 26 heavy (non-hydrogen) atoms. The molecule has 1 N–H and O–H groups in total. The number of carboxylic acid groups (broad SMARTS) is 1. The van der Waals surface area contributed by atoms with E-state index in [0.29, 0.717) is 31.7 Å². The molecule has 0 bridgehead atoms. The standard InChI is InChI=1S/C19H27NO5S/c1-12-15(26-5)7-6-14(17(21)22)16(12)24-13-8-10-20(11-9-13)18(23)25-19(2,3)4/h6-7,13H,8-11H2,1-5H3,(H,21,22). The highest BCUT2D eigenvalue weighted by Crippen LogP contribution is 2.33. The smallest absolute Gasteiger partial charge is 0.410 e. The fourth-order valence-electron chi connectivity index (χ4n) is 2.86. The van der Waals surface area contributed by atoms with Gasteiger partial charge in [0.2, 0.25) is 0 Å². The molecule has 0 spiro atoms. The molecule has 0 saturated carbocycles. The maximum absolute atomic E-state index is 12.1. The lowest BCUT2D eigenvalue weighted by molar-refractivity contribution is 0.0125. The van der Waals surface area contributed by atoms with Crippen molar-refractivity contribution in [1.29, 1.82) is 0 Å². The molecule has 1 aromatic carbocycles. The Balaban J connectivity index is 2.06. The van der Waals surface area contributed by atoms with Crippen molar-refractivity contribution in [3.05, 3.63) is 23.3 Å². The Morgan fingerprint density at radius 3 is 2.35 bits per heavy atom. The minimum absolute atomic E-state index is 0.123. The summed E-state index contributed by atoms with van der Waals surface area (Å²) < 4.78 is 11.5. The molecule has 0 atom stereocenters. The summed E-state index contributed by atoms with van der Waals surface area (Å²) in [6.45, 7) is 8.47. The molecular formula is C19H27NO5S. The summed E-state index contributed by atoms with van der Waals surface area (Å²) in [7, 11) is 0. The van der Waals surface area contributed by atoms with Gasteiger partial charge >= 0.3 is 12.1 Å². The summed E-state index contributed by atoms with van der Waals surface area (Å²) in [4.78, 5) is 26.3. The molecule has 1 amide bonds. The van der Waals surface area contributed by atoms with Gasteiger partial charge in [0.05, 0.1) is 0 Å². The van der Waals surface area contributed by atoms with E-state index in [4.69, 9.17) is 9.47 Å². The average molecular weight is 381 g/mol. The molecule has 1 saturated heterocycles. The van der Waals surface area contributed by atoms with Crippen molar-refractivity contribution < 1.29 is 24.2 Å². The van der Waals surface area contributed by atoms with Crippen molar-refractivity contribution in [2.75, 3.05) is 19.3 Å². The van der Waals surface area contributed by atoms with Crippen molar-refractivity contribution >= 4 is 23.8 Å². The van der Waals surface area contributed by atoms with Gasteiger partial charge in [-0.2, -0.15) is 0 Å². The second-order valence-corrected chi connectivity index (χ2v) is 8.21. The molecule has 0 aromatic heterocycles. The molecule has 1 aromatic rings. The first-order valence-electron chi connectivity index (χ1n) is 8.68. The van der Waals surface area contributed by atoms with E-state index in [1.54, 1.807) is 28.8 Å². The molecule has 1 aliphatic rings. The fraction of sp³-hybridized carbons (Fsp3) is 0.579. The minimum atomic E-state index is -0.998. The van der Waals surface area contributed by atoms with Crippen molar-refractivity contribution in [2.24, 2.45) is 0 Å². The summed E-state index contributed by atoms with van der Waals surface area (Å²) in [6.07, 6.45) is 2.79. The predicted molar refractivity (Wildman–Crippen MR) is 101 cm³/mol. The highest BCUT2D eigenvalue weighted by molar-refractivity contribution is 7.98. The second kappa shape index (κ2) is 8.20. The number of nitrogens with zero attached hydrogens (tertiary/aromatic N) is 1. The first-order valence-corrected chi connectivity index (χ1v) is 9.90. The topological polar surface area (TPSA) is 76.1 Å². The summed E-state index contributed by atoms with van der Waals surface area (Å²) in [5.74, 6) is -0.568. The molecular weight excluding hydrogens is 354 g/mol. The SMILES string of the molecule is CSc1ccc(C(=O)O)c(OC2CCN(C(=O)OC(C)(C)C)CC2)c1C. The number of rotatable bonds is 4. The molecule has 1 heterocycles. The van der Waals surface area contributed by atoms with E-state index in [0.717, 1.165) is 10.5 Å². The Hall–Kier alpha value is -1.89. The molecule has 0 unspecified atom stereocenters. The quantitative estimate of drug-likeness (QED) is 0.788. The Kier molecular flexibility index (Phi) is 6.44. The van der Waals surface area contributed by atoms with Crippen molar-refractivity contribution in [2.45, 2.75) is 57.1 Å². The number of amides is 1. The Bertz CT molecular complexity index is 675. The van der Waals surface area contributed by atoms with Gasteiger partial charge in [-0.3, -0.25) is 0 Å². The number of aromatic carboxylic acids is 1. The molecule has 2 rings (SSSR count). The van der Waals surface area contributed by atoms with Crippen molar-refractivity contribution in [3.63, 3.8) is 0 Å². The maximum atomic E-state index is 12.1. The van der Waals surface area contributed by atoms with Crippen LogP contribution >= 0.6 is 11.8 Å². The normalized spacial score (nSPS) is 15.7. The van der Waals surface area contributed by atoms with E-state index < -0.39 is 11.6 Å². The van der Waals surface area contributed by atoms with E-state index in [9.17, 15) is 14.7 Å². The molecule has 1 aliphatic heterocycles. The second-order valence-electron chi connectivity index (χ2n) is 7.36. The van der Waals surface area contributed by atoms with Gasteiger partial charge in [0, 0.05) is 36.4 Å². The van der Waals surface area contributed by atoms with Crippen LogP contribution in [0.4, 0.5) is 4.79 Å². The number of benzene rings is 1. The zero-order valence-electron chi connectivity index (χ0n) is 16.0. The lowest BCUT2D eigenvalue weighted by atomic mass is 10.1. The third-order valence-electron chi connectivity index (χ3n) is 4.18. The van der Waals surface area contributed by atoms with Crippen LogP contribution in [-0.2, 0) is 4.74 Å². The van der Waals surface area contributed by atoms with Gasteiger partial charge in [0.25, 0.3) is 0 Å². The highest BCUT2D eigenvalue weighted by Gasteiger charge is 2.29. The van der Waals surface area contributed by atoms with Crippen LogP contribution in [-0.4, -0.2) is 53.1 Å². The van der Waals surface area contributed by atoms with Crippen molar-refractivity contribution in [3.8, 4) is 5.75 Å². The van der Waals surface area contributed by atoms with Crippen LogP contribution in [0.2, 0.25) is 0 Å². The van der Waals surface area contributed by atoms with E-state index >= 15 is 0 Å². The van der Waals surface area contributed by atoms with Crippen LogP contribution in [0, 0.1) is 6.92 Å². The largest absolute Gasteiger partial charge is 0.489 e. The van der Waals surface area contributed by atoms with Crippen molar-refractivity contribution in [1.82, 2.24) is 4.90 Å². The van der Waals surface area contributed by atoms with E-state index in [2.05, 4.69) is 0 Å². The summed E-state index contributed by atoms with van der Waals surface area (Å²) in [5, 5.41) is 9.45. The van der Waals surface area contributed by atoms with Crippen LogP contribution in [0.25, 0.3) is 0 Å². The van der Waals surface area contributed by atoms with E-state index in [1.807, 2.05) is 34.0 Å². The first kappa shape index (κ1) is 20.4. The lowest BCUT2D eigenvalue weighted by Crippen LogP contribution is -2.44. The monoisotopic (exact) mass is 381 g/mol. The highest BCUT2D eigenvalue weighted by atomic mass is 32.2. The first-order chi connectivity index (χ1) is 12.1. The number of carbonyl (C=O) groups excluding carboxylic acids is 1. The molecule has 144 valence electrons. The summed E-state index contributed by atoms with van der Waals surface area (Å²) in [5.41, 5.74) is 0.498. The van der Waals surface area contributed by atoms with Gasteiger partial charge in [-0.05, 0) is 46.1 Å². The van der Waals surface area contributed by atoms with E-state index in [1.165, 1.54) is 0 Å². The third-order valence-corrected chi connectivity index (χ3v) is 5.07. The van der Waals surface area contributed by atoms with Gasteiger partial charge < -0.3 is 19.5 Å². The van der Waals surface area contributed by atoms with Gasteiger partial charge in [0.15, 0.2) is 0 Å². The summed E-state index contributed by atoms with van der Waals surface area (Å²) in [6, 6.07) is 3.40. The van der Waals surface area contributed by atoms with E-state index in [-0.39, 0.29) is 17.8 Å². The lowest BCUT2D eigenvalue weighted by Gasteiger charge is -2.34. The average Bonchev–Trinajstić information content (AvgIpc) is 2.55. The molecule has 7 heteroatoms. The number of piperidine rings is 1. The molecule has 6 nitrogen and oxygen atoms in total. The van der Waals surface area contributed by atoms with Crippen LogP contribution in [0.5, 0.6) is 5.75 Å². The summed E-state index contributed by atoms with van der Waals surface area (Å²) >= 11 is 1.56. The Morgan fingerprint density at radius 2 is 1.85 bits per heavy atom. The number of ether oxygens (including phenoxy) is 2. The molecule has 0 radical (unpaired) electrons. The van der Waals surface area contributed by atoms with Crippen LogP contribution in [0.1, 0.15) is 49.5 Å². The fourth-order valence-corrected chi connectivity index (χ4v) is 3.47.